The predicted molar refractivity (Wildman–Crippen MR) is 88.9 cm³/mol. The van der Waals surface area contributed by atoms with Gasteiger partial charge in [-0.25, -0.2) is 4.68 Å². The van der Waals surface area contributed by atoms with Crippen molar-refractivity contribution in [3.05, 3.63) is 52.8 Å². The Morgan fingerprint density at radius 3 is 2.58 bits per heavy atom. The summed E-state index contributed by atoms with van der Waals surface area (Å²) in [5.41, 5.74) is 0.356. The van der Waals surface area contributed by atoms with Gasteiger partial charge >= 0.3 is 0 Å². The van der Waals surface area contributed by atoms with Gasteiger partial charge in [0, 0.05) is 11.6 Å². The molecule has 3 rings (SSSR count). The van der Waals surface area contributed by atoms with E-state index in [0.29, 0.717) is 18.5 Å². The van der Waals surface area contributed by atoms with Crippen molar-refractivity contribution in [1.29, 1.82) is 5.26 Å². The van der Waals surface area contributed by atoms with Crippen LogP contribution < -0.4 is 10.9 Å². The number of carbonyl (C=O) groups excluding carboxylic acids is 1. The second kappa shape index (κ2) is 6.67. The quantitative estimate of drug-likeness (QED) is 0.930. The lowest BCUT2D eigenvalue weighted by Gasteiger charge is -2.22. The lowest BCUT2D eigenvalue weighted by molar-refractivity contribution is -0.123. The number of nitrogens with zero attached hydrogens (tertiary/aromatic N) is 3. The lowest BCUT2D eigenvalue weighted by atomic mass is 10.00. The van der Waals surface area contributed by atoms with E-state index in [4.69, 9.17) is 0 Å². The average molecular weight is 322 g/mol. The molecular formula is C18H18N4O2. The van der Waals surface area contributed by atoms with Gasteiger partial charge in [-0.1, -0.05) is 30.3 Å². The monoisotopic (exact) mass is 322 g/mol. The highest BCUT2D eigenvalue weighted by molar-refractivity contribution is 5.77. The molecule has 0 unspecified atom stereocenters. The average Bonchev–Trinajstić information content (AvgIpc) is 3.06. The van der Waals surface area contributed by atoms with E-state index in [1.165, 1.54) is 6.07 Å². The topological polar surface area (TPSA) is 87.8 Å². The van der Waals surface area contributed by atoms with Gasteiger partial charge in [0.15, 0.2) is 0 Å². The molecule has 0 bridgehead atoms. The maximum atomic E-state index is 12.3. The van der Waals surface area contributed by atoms with Crippen LogP contribution in [-0.4, -0.2) is 21.2 Å². The molecule has 24 heavy (non-hydrogen) atoms. The van der Waals surface area contributed by atoms with E-state index in [-0.39, 0.29) is 18.0 Å². The smallest absolute Gasteiger partial charge is 0.267 e. The molecule has 1 aromatic heterocycles. The van der Waals surface area contributed by atoms with E-state index in [1.54, 1.807) is 6.07 Å². The Morgan fingerprint density at radius 2 is 1.92 bits per heavy atom. The standard InChI is InChI=1S/C18H18N4O2/c19-13-18(10-4-5-11-18)20-16(23)12-22-17(24)9-8-15(21-22)14-6-2-1-3-7-14/h1-3,6-9H,4-5,10-12H2,(H,20,23). The zero-order valence-corrected chi connectivity index (χ0v) is 13.2. The number of carbonyl (C=O) groups is 1. The van der Waals surface area contributed by atoms with E-state index in [1.807, 2.05) is 30.3 Å². The maximum Gasteiger partial charge on any atom is 0.267 e. The Morgan fingerprint density at radius 1 is 1.21 bits per heavy atom. The van der Waals surface area contributed by atoms with Crippen molar-refractivity contribution in [2.45, 2.75) is 37.8 Å². The molecule has 0 saturated heterocycles. The summed E-state index contributed by atoms with van der Waals surface area (Å²) >= 11 is 0. The van der Waals surface area contributed by atoms with Crippen molar-refractivity contribution in [1.82, 2.24) is 15.1 Å². The van der Waals surface area contributed by atoms with Crippen LogP contribution in [0.15, 0.2) is 47.3 Å². The van der Waals surface area contributed by atoms with Gasteiger partial charge in [0.1, 0.15) is 12.1 Å². The minimum Gasteiger partial charge on any atom is -0.336 e. The molecule has 1 aliphatic carbocycles. The van der Waals surface area contributed by atoms with E-state index >= 15 is 0 Å². The number of rotatable bonds is 4. The summed E-state index contributed by atoms with van der Waals surface area (Å²) < 4.78 is 1.14. The van der Waals surface area contributed by atoms with Crippen LogP contribution in [0.5, 0.6) is 0 Å². The highest BCUT2D eigenvalue weighted by atomic mass is 16.2. The van der Waals surface area contributed by atoms with Crippen molar-refractivity contribution in [2.24, 2.45) is 0 Å². The normalized spacial score (nSPS) is 15.6. The van der Waals surface area contributed by atoms with Gasteiger partial charge in [0.25, 0.3) is 5.56 Å². The molecule has 1 heterocycles. The fourth-order valence-electron chi connectivity index (χ4n) is 3.01. The van der Waals surface area contributed by atoms with Gasteiger partial charge in [-0.3, -0.25) is 9.59 Å². The first-order valence-electron chi connectivity index (χ1n) is 7.98. The molecule has 0 aliphatic heterocycles. The van der Waals surface area contributed by atoms with Gasteiger partial charge < -0.3 is 5.32 Å². The summed E-state index contributed by atoms with van der Waals surface area (Å²) in [5, 5.41) is 16.4. The minimum absolute atomic E-state index is 0.192. The third-order valence-corrected chi connectivity index (χ3v) is 4.28. The van der Waals surface area contributed by atoms with E-state index in [2.05, 4.69) is 16.5 Å². The fraction of sp³-hybridized carbons (Fsp3) is 0.333. The molecule has 1 fully saturated rings. The molecule has 0 radical (unpaired) electrons. The Bertz CT molecular complexity index is 830. The number of nitrogens with one attached hydrogen (secondary N) is 1. The summed E-state index contributed by atoms with van der Waals surface area (Å²) in [6.45, 7) is -0.192. The van der Waals surface area contributed by atoms with Gasteiger partial charge in [-0.2, -0.15) is 10.4 Å². The van der Waals surface area contributed by atoms with Crippen LogP contribution in [0.4, 0.5) is 0 Å². The summed E-state index contributed by atoms with van der Waals surface area (Å²) in [5.74, 6) is -0.363. The molecule has 0 atom stereocenters. The van der Waals surface area contributed by atoms with Crippen molar-refractivity contribution < 1.29 is 4.79 Å². The molecule has 6 nitrogen and oxygen atoms in total. The number of hydrogen-bond donors (Lipinski definition) is 1. The van der Waals surface area contributed by atoms with Gasteiger partial charge in [0.2, 0.25) is 5.91 Å². The summed E-state index contributed by atoms with van der Waals surface area (Å²) in [4.78, 5) is 24.3. The Labute approximate surface area is 139 Å². The van der Waals surface area contributed by atoms with Crippen LogP contribution in [0.1, 0.15) is 25.7 Å². The number of benzene rings is 1. The summed E-state index contributed by atoms with van der Waals surface area (Å²) in [6, 6.07) is 14.7. The molecule has 1 aromatic carbocycles. The molecule has 122 valence electrons. The van der Waals surface area contributed by atoms with Crippen LogP contribution >= 0.6 is 0 Å². The van der Waals surface area contributed by atoms with Crippen molar-refractivity contribution in [3.8, 4) is 17.3 Å². The first-order valence-corrected chi connectivity index (χ1v) is 7.98. The molecule has 1 amide bonds. The number of amides is 1. The number of aromatic nitrogens is 2. The molecule has 1 aliphatic rings. The maximum absolute atomic E-state index is 12.3. The zero-order valence-electron chi connectivity index (χ0n) is 13.2. The molecule has 6 heteroatoms. The van der Waals surface area contributed by atoms with Crippen LogP contribution in [-0.2, 0) is 11.3 Å². The lowest BCUT2D eigenvalue weighted by Crippen LogP contribution is -2.47. The third-order valence-electron chi connectivity index (χ3n) is 4.28. The van der Waals surface area contributed by atoms with Crippen molar-refractivity contribution in [3.63, 3.8) is 0 Å². The van der Waals surface area contributed by atoms with Gasteiger partial charge in [-0.05, 0) is 31.7 Å². The Balaban J connectivity index is 1.79. The van der Waals surface area contributed by atoms with Crippen molar-refractivity contribution in [2.75, 3.05) is 0 Å². The third kappa shape index (κ3) is 3.35. The van der Waals surface area contributed by atoms with E-state index in [0.717, 1.165) is 23.1 Å². The van der Waals surface area contributed by atoms with Gasteiger partial charge in [0.05, 0.1) is 11.8 Å². The molecule has 2 aromatic rings. The summed E-state index contributed by atoms with van der Waals surface area (Å²) in [6.07, 6.45) is 3.16. The molecule has 1 N–H and O–H groups in total. The first kappa shape index (κ1) is 15.9. The van der Waals surface area contributed by atoms with Crippen LogP contribution in [0, 0.1) is 11.3 Å². The van der Waals surface area contributed by atoms with Gasteiger partial charge in [-0.15, -0.1) is 0 Å². The largest absolute Gasteiger partial charge is 0.336 e. The highest BCUT2D eigenvalue weighted by Crippen LogP contribution is 2.28. The second-order valence-electron chi connectivity index (χ2n) is 6.03. The Hall–Kier alpha value is -2.94. The van der Waals surface area contributed by atoms with Crippen LogP contribution in [0.3, 0.4) is 0 Å². The molecule has 1 saturated carbocycles. The summed E-state index contributed by atoms with van der Waals surface area (Å²) in [7, 11) is 0. The van der Waals surface area contributed by atoms with Crippen LogP contribution in [0.2, 0.25) is 0 Å². The van der Waals surface area contributed by atoms with E-state index in [9.17, 15) is 14.9 Å². The molecule has 0 spiro atoms. The first-order chi connectivity index (χ1) is 11.6. The minimum atomic E-state index is -0.794. The fourth-order valence-corrected chi connectivity index (χ4v) is 3.01. The number of hydrogen-bond acceptors (Lipinski definition) is 4. The SMILES string of the molecule is N#CC1(NC(=O)Cn2nc(-c3ccccc3)ccc2=O)CCCC1. The highest BCUT2D eigenvalue weighted by Gasteiger charge is 2.35. The second-order valence-corrected chi connectivity index (χ2v) is 6.03. The van der Waals surface area contributed by atoms with Crippen molar-refractivity contribution >= 4 is 5.91 Å². The molecular weight excluding hydrogens is 304 g/mol. The zero-order chi connectivity index (χ0) is 17.0. The number of nitriles is 1. The Kier molecular flexibility index (Phi) is 4.43. The predicted octanol–water partition coefficient (Wildman–Crippen LogP) is 1.86. The van der Waals surface area contributed by atoms with Crippen LogP contribution in [0.25, 0.3) is 11.3 Å². The van der Waals surface area contributed by atoms with E-state index < -0.39 is 5.54 Å².